The predicted molar refractivity (Wildman–Crippen MR) is 152 cm³/mol. The van der Waals surface area contributed by atoms with Crippen LogP contribution in [0.3, 0.4) is 0 Å². The molecule has 0 radical (unpaired) electrons. The largest absolute Gasteiger partial charge is 0.502 e. The highest BCUT2D eigenvalue weighted by Gasteiger charge is 2.20. The summed E-state index contributed by atoms with van der Waals surface area (Å²) in [6, 6.07) is 19.5. The molecule has 0 saturated carbocycles. The molecule has 0 aliphatic carbocycles. The number of hydrogen-bond acceptors (Lipinski definition) is 7. The Morgan fingerprint density at radius 3 is 1.80 bits per heavy atom. The van der Waals surface area contributed by atoms with Gasteiger partial charge in [-0.2, -0.15) is 0 Å². The number of aromatic hydroxyl groups is 1. The van der Waals surface area contributed by atoms with Gasteiger partial charge in [0.2, 0.25) is 5.75 Å². The molecule has 4 aromatic rings. The maximum absolute atomic E-state index is 10.2. The number of fused-ring (bicyclic) bond motifs is 3. The number of para-hydroxylation sites is 1. The first kappa shape index (κ1) is 28.7. The first-order valence-corrected chi connectivity index (χ1v) is 13.1. The normalized spacial score (nSPS) is 14.1. The van der Waals surface area contributed by atoms with Crippen molar-refractivity contribution in [1.29, 1.82) is 0 Å². The van der Waals surface area contributed by atoms with Crippen molar-refractivity contribution in [3.05, 3.63) is 65.7 Å². The zero-order valence-corrected chi connectivity index (χ0v) is 23.0. The van der Waals surface area contributed by atoms with E-state index < -0.39 is 11.9 Å². The number of aromatic nitrogens is 1. The molecular weight excluding hydrogens is 514 g/mol. The highest BCUT2D eigenvalue weighted by molar-refractivity contribution is 6.27. The summed E-state index contributed by atoms with van der Waals surface area (Å²) in [6.45, 7) is 9.03. The molecule has 0 amide bonds. The quantitative estimate of drug-likeness (QED) is 0.293. The predicted octanol–water partition coefficient (Wildman–Crippen LogP) is 4.01. The first-order chi connectivity index (χ1) is 19.2. The second kappa shape index (κ2) is 12.7. The summed E-state index contributed by atoms with van der Waals surface area (Å²) in [5, 5.41) is 27.6. The molecule has 3 aromatic carbocycles. The molecule has 10 heteroatoms. The molecule has 1 fully saturated rings. The SMILES string of the molecule is CCn1c2ccccc2c2cc(CN3CCN(Cc4cc(OC)c(O)c(OC)c4)CC3)ccc21.O=C(O)C(=O)O. The van der Waals surface area contributed by atoms with Crippen LogP contribution in [0, 0.1) is 0 Å². The molecule has 5 rings (SSSR count). The number of hydrogen-bond donors (Lipinski definition) is 3. The second-order valence-corrected chi connectivity index (χ2v) is 9.62. The van der Waals surface area contributed by atoms with Crippen LogP contribution in [0.5, 0.6) is 17.2 Å². The van der Waals surface area contributed by atoms with Gasteiger partial charge in [0.05, 0.1) is 14.2 Å². The molecular formula is C30H35N3O7. The van der Waals surface area contributed by atoms with Gasteiger partial charge in [-0.3, -0.25) is 9.80 Å². The van der Waals surface area contributed by atoms with E-state index in [0.29, 0.717) is 11.5 Å². The Kier molecular flexibility index (Phi) is 9.13. The van der Waals surface area contributed by atoms with E-state index >= 15 is 0 Å². The number of ether oxygens (including phenoxy) is 2. The number of nitrogens with zero attached hydrogens (tertiary/aromatic N) is 3. The summed E-state index contributed by atoms with van der Waals surface area (Å²) < 4.78 is 13.0. The second-order valence-electron chi connectivity index (χ2n) is 9.62. The minimum absolute atomic E-state index is 0.0533. The summed E-state index contributed by atoms with van der Waals surface area (Å²) in [7, 11) is 3.13. The molecule has 1 aromatic heterocycles. The Bertz CT molecular complexity index is 1470. The van der Waals surface area contributed by atoms with Crippen LogP contribution < -0.4 is 9.47 Å². The third-order valence-corrected chi connectivity index (χ3v) is 7.15. The summed E-state index contributed by atoms with van der Waals surface area (Å²) >= 11 is 0. The fraction of sp³-hybridized carbons (Fsp3) is 0.333. The number of aliphatic carboxylic acids is 2. The third kappa shape index (κ3) is 6.30. The standard InChI is InChI=1S/C28H33N3O3.C2H2O4/c1-4-31-24-8-6-5-7-22(24)23-15-20(9-10-25(23)31)18-29-11-13-30(14-12-29)19-21-16-26(33-2)28(32)27(17-21)34-3;3-1(4)2(5)6/h5-10,15-17,32H,4,11-14,18-19H2,1-3H3;(H,3,4)(H,5,6). The van der Waals surface area contributed by atoms with Crippen molar-refractivity contribution in [2.24, 2.45) is 0 Å². The van der Waals surface area contributed by atoms with Crippen molar-refractivity contribution in [2.45, 2.75) is 26.6 Å². The minimum Gasteiger partial charge on any atom is -0.502 e. The molecule has 10 nitrogen and oxygen atoms in total. The van der Waals surface area contributed by atoms with Crippen LogP contribution in [0.1, 0.15) is 18.1 Å². The maximum atomic E-state index is 10.2. The average molecular weight is 550 g/mol. The summed E-state index contributed by atoms with van der Waals surface area (Å²) in [5.74, 6) is -2.69. The van der Waals surface area contributed by atoms with Crippen LogP contribution in [-0.2, 0) is 29.2 Å². The summed E-state index contributed by atoms with van der Waals surface area (Å²) in [6.07, 6.45) is 0. The van der Waals surface area contributed by atoms with Gasteiger partial charge in [-0.1, -0.05) is 24.3 Å². The molecule has 0 atom stereocenters. The smallest absolute Gasteiger partial charge is 0.414 e. The fourth-order valence-corrected chi connectivity index (χ4v) is 5.20. The van der Waals surface area contributed by atoms with Gasteiger partial charge >= 0.3 is 11.9 Å². The van der Waals surface area contributed by atoms with Gasteiger partial charge in [0.15, 0.2) is 11.5 Å². The molecule has 1 aliphatic heterocycles. The first-order valence-electron chi connectivity index (χ1n) is 13.1. The molecule has 1 saturated heterocycles. The molecule has 1 aliphatic rings. The van der Waals surface area contributed by atoms with Crippen molar-refractivity contribution in [3.8, 4) is 17.2 Å². The van der Waals surface area contributed by atoms with Gasteiger partial charge in [0.25, 0.3) is 0 Å². The van der Waals surface area contributed by atoms with Gasteiger partial charge in [0.1, 0.15) is 0 Å². The highest BCUT2D eigenvalue weighted by Crippen LogP contribution is 2.37. The number of carbonyl (C=O) groups is 2. The van der Waals surface area contributed by atoms with Crippen LogP contribution in [0.15, 0.2) is 54.6 Å². The van der Waals surface area contributed by atoms with E-state index in [0.717, 1.165) is 51.4 Å². The lowest BCUT2D eigenvalue weighted by Crippen LogP contribution is -2.45. The van der Waals surface area contributed by atoms with E-state index in [9.17, 15) is 5.11 Å². The van der Waals surface area contributed by atoms with Crippen molar-refractivity contribution < 1.29 is 34.4 Å². The van der Waals surface area contributed by atoms with E-state index in [2.05, 4.69) is 63.8 Å². The van der Waals surface area contributed by atoms with Crippen LogP contribution in [-0.4, -0.2) is 82.0 Å². The lowest BCUT2D eigenvalue weighted by molar-refractivity contribution is -0.159. The number of piperazine rings is 1. The number of carboxylic acids is 2. The average Bonchev–Trinajstić information content (AvgIpc) is 3.28. The van der Waals surface area contributed by atoms with Gasteiger partial charge < -0.3 is 29.4 Å². The number of methoxy groups -OCH3 is 2. The van der Waals surface area contributed by atoms with Gasteiger partial charge in [-0.15, -0.1) is 0 Å². The Morgan fingerprint density at radius 1 is 0.750 bits per heavy atom. The molecule has 212 valence electrons. The van der Waals surface area contributed by atoms with E-state index in [4.69, 9.17) is 29.3 Å². The van der Waals surface area contributed by atoms with Crippen LogP contribution >= 0.6 is 0 Å². The van der Waals surface area contributed by atoms with Crippen molar-refractivity contribution in [1.82, 2.24) is 14.4 Å². The number of phenols is 1. The van der Waals surface area contributed by atoms with E-state index in [1.165, 1.54) is 27.4 Å². The van der Waals surface area contributed by atoms with Gasteiger partial charge in [-0.25, -0.2) is 9.59 Å². The number of aryl methyl sites for hydroxylation is 1. The maximum Gasteiger partial charge on any atom is 0.414 e. The topological polar surface area (TPSA) is 125 Å². The van der Waals surface area contributed by atoms with Crippen LogP contribution in [0.4, 0.5) is 0 Å². The Morgan fingerprint density at radius 2 is 1.27 bits per heavy atom. The summed E-state index contributed by atoms with van der Waals surface area (Å²) in [4.78, 5) is 23.2. The molecule has 0 bridgehead atoms. The number of phenolic OH excluding ortho intramolecular Hbond substituents is 1. The minimum atomic E-state index is -1.82. The van der Waals surface area contributed by atoms with E-state index in [1.807, 2.05) is 12.1 Å². The number of benzene rings is 3. The van der Waals surface area contributed by atoms with Crippen molar-refractivity contribution in [2.75, 3.05) is 40.4 Å². The Balaban J connectivity index is 0.000000557. The zero-order valence-electron chi connectivity index (χ0n) is 23.0. The lowest BCUT2D eigenvalue weighted by atomic mass is 10.1. The Hall–Kier alpha value is -4.28. The zero-order chi connectivity index (χ0) is 28.8. The number of carboxylic acid groups (broad SMARTS) is 2. The fourth-order valence-electron chi connectivity index (χ4n) is 5.20. The lowest BCUT2D eigenvalue weighted by Gasteiger charge is -2.34. The molecule has 2 heterocycles. The monoisotopic (exact) mass is 549 g/mol. The molecule has 0 spiro atoms. The van der Waals surface area contributed by atoms with Crippen molar-refractivity contribution in [3.63, 3.8) is 0 Å². The van der Waals surface area contributed by atoms with Gasteiger partial charge in [0, 0.05) is 67.6 Å². The van der Waals surface area contributed by atoms with E-state index in [-0.39, 0.29) is 5.75 Å². The van der Waals surface area contributed by atoms with Crippen LogP contribution in [0.25, 0.3) is 21.8 Å². The van der Waals surface area contributed by atoms with Gasteiger partial charge in [-0.05, 0) is 48.4 Å². The molecule has 0 unspecified atom stereocenters. The number of rotatable bonds is 7. The third-order valence-electron chi connectivity index (χ3n) is 7.15. The van der Waals surface area contributed by atoms with Crippen LogP contribution in [0.2, 0.25) is 0 Å². The Labute approximate surface area is 232 Å². The van der Waals surface area contributed by atoms with Crippen molar-refractivity contribution >= 4 is 33.7 Å². The summed E-state index contributed by atoms with van der Waals surface area (Å²) in [5.41, 5.74) is 5.08. The van der Waals surface area contributed by atoms with E-state index in [1.54, 1.807) is 14.2 Å². The highest BCUT2D eigenvalue weighted by atomic mass is 16.5. The molecule has 40 heavy (non-hydrogen) atoms. The molecule has 3 N–H and O–H groups in total.